The minimum atomic E-state index is -0.0937. The number of hydrogen-bond donors (Lipinski definition) is 1. The van der Waals surface area contributed by atoms with Crippen LogP contribution in [0.2, 0.25) is 0 Å². The fraction of sp³-hybridized carbons (Fsp3) is 0.316. The van der Waals surface area contributed by atoms with Crippen LogP contribution >= 0.6 is 0 Å². The van der Waals surface area contributed by atoms with Crippen LogP contribution in [0, 0.1) is 13.8 Å². The lowest BCUT2D eigenvalue weighted by atomic mass is 10.1. The van der Waals surface area contributed by atoms with Crippen molar-refractivity contribution in [3.8, 4) is 11.3 Å². The molecule has 1 aliphatic rings. The minimum absolute atomic E-state index is 0.0937. The van der Waals surface area contributed by atoms with Crippen LogP contribution in [0.1, 0.15) is 23.9 Å². The van der Waals surface area contributed by atoms with Gasteiger partial charge in [0.25, 0.3) is 0 Å². The van der Waals surface area contributed by atoms with Gasteiger partial charge in [-0.2, -0.15) is 5.10 Å². The monoisotopic (exact) mass is 351 g/mol. The van der Waals surface area contributed by atoms with Crippen molar-refractivity contribution in [2.75, 3.05) is 18.4 Å². The van der Waals surface area contributed by atoms with Gasteiger partial charge in [0.2, 0.25) is 0 Å². The Morgan fingerprint density at radius 3 is 2.92 bits per heavy atom. The van der Waals surface area contributed by atoms with Gasteiger partial charge in [0, 0.05) is 30.0 Å². The number of benzene rings is 1. The highest BCUT2D eigenvalue weighted by Gasteiger charge is 2.28. The van der Waals surface area contributed by atoms with E-state index in [1.807, 2.05) is 40.8 Å². The molecule has 3 aromatic rings. The molecule has 1 N–H and O–H groups in total. The maximum atomic E-state index is 12.6. The number of nitrogens with one attached hydrogen (secondary N) is 1. The first-order valence-corrected chi connectivity index (χ1v) is 8.68. The maximum Gasteiger partial charge on any atom is 0.321 e. The summed E-state index contributed by atoms with van der Waals surface area (Å²) in [6.45, 7) is 5.43. The Kier molecular flexibility index (Phi) is 4.20. The molecular formula is C19H21N5O2. The Bertz CT molecular complexity index is 916. The summed E-state index contributed by atoms with van der Waals surface area (Å²) < 4.78 is 7.35. The third-order valence-electron chi connectivity index (χ3n) is 4.67. The summed E-state index contributed by atoms with van der Waals surface area (Å²) in [6, 6.07) is 9.76. The highest BCUT2D eigenvalue weighted by Crippen LogP contribution is 2.25. The van der Waals surface area contributed by atoms with Crippen molar-refractivity contribution in [2.45, 2.75) is 26.3 Å². The molecule has 7 nitrogen and oxygen atoms in total. The van der Waals surface area contributed by atoms with Crippen LogP contribution in [-0.2, 0) is 0 Å². The number of rotatable bonds is 3. The van der Waals surface area contributed by atoms with Gasteiger partial charge in [-0.3, -0.25) is 4.68 Å². The molecule has 0 saturated carbocycles. The van der Waals surface area contributed by atoms with Crippen molar-refractivity contribution in [1.29, 1.82) is 0 Å². The number of hydrogen-bond acceptors (Lipinski definition) is 4. The molecule has 134 valence electrons. The largest absolute Gasteiger partial charge is 0.444 e. The van der Waals surface area contributed by atoms with Crippen molar-refractivity contribution < 1.29 is 9.21 Å². The summed E-state index contributed by atoms with van der Waals surface area (Å²) in [4.78, 5) is 18.4. The molecule has 0 unspecified atom stereocenters. The van der Waals surface area contributed by atoms with E-state index in [1.54, 1.807) is 6.20 Å². The van der Waals surface area contributed by atoms with Crippen LogP contribution in [0.15, 0.2) is 47.3 Å². The summed E-state index contributed by atoms with van der Waals surface area (Å²) >= 11 is 0. The standard InChI is InChI=1S/C19H21N5O2/c1-13-8-14(2)24(22-13)17-6-7-23(11-17)19(25)21-16-5-3-4-15(9-16)18-10-20-12-26-18/h3-5,8-10,12,17H,6-7,11H2,1-2H3,(H,21,25)/t17-/m0/s1. The smallest absolute Gasteiger partial charge is 0.321 e. The molecule has 1 aromatic carbocycles. The number of likely N-dealkylation sites (tertiary alicyclic amines) is 1. The van der Waals surface area contributed by atoms with Crippen LogP contribution < -0.4 is 5.32 Å². The van der Waals surface area contributed by atoms with Crippen LogP contribution in [0.25, 0.3) is 11.3 Å². The fourth-order valence-corrected chi connectivity index (χ4v) is 3.45. The number of aryl methyl sites for hydroxylation is 2. The van der Waals surface area contributed by atoms with E-state index in [-0.39, 0.29) is 12.1 Å². The van der Waals surface area contributed by atoms with Gasteiger partial charge in [0.15, 0.2) is 12.2 Å². The lowest BCUT2D eigenvalue weighted by Gasteiger charge is -2.18. The van der Waals surface area contributed by atoms with Gasteiger partial charge in [0.05, 0.1) is 17.9 Å². The molecule has 1 saturated heterocycles. The highest BCUT2D eigenvalue weighted by atomic mass is 16.3. The quantitative estimate of drug-likeness (QED) is 0.782. The number of urea groups is 1. The average molecular weight is 351 g/mol. The lowest BCUT2D eigenvalue weighted by Crippen LogP contribution is -2.33. The van der Waals surface area contributed by atoms with Crippen molar-refractivity contribution in [2.24, 2.45) is 0 Å². The topological polar surface area (TPSA) is 76.2 Å². The first kappa shape index (κ1) is 16.4. The van der Waals surface area contributed by atoms with Crippen LogP contribution in [-0.4, -0.2) is 38.8 Å². The molecule has 26 heavy (non-hydrogen) atoms. The number of carbonyl (C=O) groups is 1. The maximum absolute atomic E-state index is 12.6. The van der Waals surface area contributed by atoms with Gasteiger partial charge >= 0.3 is 6.03 Å². The second kappa shape index (κ2) is 6.67. The van der Waals surface area contributed by atoms with Crippen molar-refractivity contribution >= 4 is 11.7 Å². The molecule has 2 amide bonds. The molecule has 0 radical (unpaired) electrons. The molecule has 1 atom stereocenters. The Balaban J connectivity index is 1.43. The second-order valence-electron chi connectivity index (χ2n) is 6.64. The Labute approximate surface area is 151 Å². The number of anilines is 1. The molecule has 0 bridgehead atoms. The second-order valence-corrected chi connectivity index (χ2v) is 6.64. The first-order valence-electron chi connectivity index (χ1n) is 8.68. The van der Waals surface area contributed by atoms with Crippen molar-refractivity contribution in [3.05, 3.63) is 54.3 Å². The van der Waals surface area contributed by atoms with Crippen LogP contribution in [0.4, 0.5) is 10.5 Å². The van der Waals surface area contributed by atoms with E-state index in [0.717, 1.165) is 35.6 Å². The van der Waals surface area contributed by atoms with E-state index >= 15 is 0 Å². The summed E-state index contributed by atoms with van der Waals surface area (Å²) in [7, 11) is 0. The van der Waals surface area contributed by atoms with E-state index in [2.05, 4.69) is 28.4 Å². The van der Waals surface area contributed by atoms with Gasteiger partial charge in [-0.05, 0) is 38.5 Å². The SMILES string of the molecule is Cc1cc(C)n([C@H]2CCN(C(=O)Nc3cccc(-c4cnco4)c3)C2)n1. The van der Waals surface area contributed by atoms with Crippen LogP contribution in [0.5, 0.6) is 0 Å². The normalized spacial score (nSPS) is 16.8. The molecule has 0 spiro atoms. The molecule has 1 aliphatic heterocycles. The lowest BCUT2D eigenvalue weighted by molar-refractivity contribution is 0.220. The average Bonchev–Trinajstić information content (AvgIpc) is 3.35. The van der Waals surface area contributed by atoms with Gasteiger partial charge in [-0.1, -0.05) is 12.1 Å². The predicted octanol–water partition coefficient (Wildman–Crippen LogP) is 3.63. The van der Waals surface area contributed by atoms with Crippen LogP contribution in [0.3, 0.4) is 0 Å². The molecule has 7 heteroatoms. The zero-order valence-electron chi connectivity index (χ0n) is 14.8. The summed E-state index contributed by atoms with van der Waals surface area (Å²) in [5, 5.41) is 7.53. The van der Waals surface area contributed by atoms with E-state index in [0.29, 0.717) is 12.3 Å². The number of oxazole rings is 1. The van der Waals surface area contributed by atoms with Crippen molar-refractivity contribution in [1.82, 2.24) is 19.7 Å². The van der Waals surface area contributed by atoms with Gasteiger partial charge in [-0.15, -0.1) is 0 Å². The zero-order valence-corrected chi connectivity index (χ0v) is 14.8. The fourth-order valence-electron chi connectivity index (χ4n) is 3.45. The number of carbonyl (C=O) groups excluding carboxylic acids is 1. The number of nitrogens with zero attached hydrogens (tertiary/aromatic N) is 4. The zero-order chi connectivity index (χ0) is 18.1. The summed E-state index contributed by atoms with van der Waals surface area (Å²) in [5.74, 6) is 0.673. The van der Waals surface area contributed by atoms with Gasteiger partial charge in [0.1, 0.15) is 0 Å². The summed E-state index contributed by atoms with van der Waals surface area (Å²) in [6.07, 6.45) is 3.96. The van der Waals surface area contributed by atoms with E-state index in [1.165, 1.54) is 6.39 Å². The molecule has 1 fully saturated rings. The molecule has 0 aliphatic carbocycles. The molecule has 2 aromatic heterocycles. The van der Waals surface area contributed by atoms with E-state index < -0.39 is 0 Å². The Morgan fingerprint density at radius 2 is 2.19 bits per heavy atom. The Morgan fingerprint density at radius 1 is 1.31 bits per heavy atom. The minimum Gasteiger partial charge on any atom is -0.444 e. The molecular weight excluding hydrogens is 330 g/mol. The number of aromatic nitrogens is 3. The van der Waals surface area contributed by atoms with Gasteiger partial charge in [-0.25, -0.2) is 9.78 Å². The highest BCUT2D eigenvalue weighted by molar-refractivity contribution is 5.90. The molecule has 4 rings (SSSR count). The predicted molar refractivity (Wildman–Crippen MR) is 97.9 cm³/mol. The van der Waals surface area contributed by atoms with Gasteiger partial charge < -0.3 is 14.6 Å². The van der Waals surface area contributed by atoms with E-state index in [9.17, 15) is 4.79 Å². The Hall–Kier alpha value is -3.09. The third kappa shape index (κ3) is 3.20. The van der Waals surface area contributed by atoms with Crippen molar-refractivity contribution in [3.63, 3.8) is 0 Å². The first-order chi connectivity index (χ1) is 12.6. The summed E-state index contributed by atoms with van der Waals surface area (Å²) in [5.41, 5.74) is 3.75. The third-order valence-corrected chi connectivity index (χ3v) is 4.67. The van der Waals surface area contributed by atoms with E-state index in [4.69, 9.17) is 4.42 Å². The number of amides is 2. The molecule has 3 heterocycles.